The monoisotopic (exact) mass is 407 g/mol. The van der Waals surface area contributed by atoms with Crippen LogP contribution < -0.4 is 0 Å². The topological polar surface area (TPSA) is 38.1 Å². The van der Waals surface area contributed by atoms with Crippen molar-refractivity contribution in [3.8, 4) is 5.69 Å². The smallest absolute Gasteiger partial charge is 0.332 e. The van der Waals surface area contributed by atoms with E-state index in [0.29, 0.717) is 0 Å². The fourth-order valence-corrected chi connectivity index (χ4v) is 3.35. The zero-order valence-electron chi connectivity index (χ0n) is 14.6. The third-order valence-electron chi connectivity index (χ3n) is 3.71. The second-order valence-electron chi connectivity index (χ2n) is 6.34. The van der Waals surface area contributed by atoms with Crippen molar-refractivity contribution in [1.82, 2.24) is 14.5 Å². The van der Waals surface area contributed by atoms with E-state index in [9.17, 15) is 18.0 Å². The van der Waals surface area contributed by atoms with Gasteiger partial charge >= 0.3 is 6.18 Å². The van der Waals surface area contributed by atoms with E-state index in [-0.39, 0.29) is 27.8 Å². The summed E-state index contributed by atoms with van der Waals surface area (Å²) in [7, 11) is 0. The molecule has 0 atom stereocenters. The summed E-state index contributed by atoms with van der Waals surface area (Å²) < 4.78 is 42.1. The lowest BCUT2D eigenvalue weighted by Gasteiger charge is -2.30. The Labute approximate surface area is 159 Å². The first-order valence-electron chi connectivity index (χ1n) is 7.87. The lowest BCUT2D eigenvalue weighted by molar-refractivity contribution is -0.142. The van der Waals surface area contributed by atoms with E-state index in [2.05, 4.69) is 4.98 Å². The maximum absolute atomic E-state index is 13.8. The molecule has 0 N–H and O–H groups in total. The molecule has 4 nitrogen and oxygen atoms in total. The largest absolute Gasteiger partial charge is 0.434 e. The fourth-order valence-electron chi connectivity index (χ4n) is 2.84. The molecule has 9 heteroatoms. The minimum absolute atomic E-state index is 0.0713. The van der Waals surface area contributed by atoms with E-state index < -0.39 is 23.5 Å². The van der Waals surface area contributed by atoms with Crippen LogP contribution in [0.15, 0.2) is 24.5 Å². The molecule has 0 saturated heterocycles. The highest BCUT2D eigenvalue weighted by Gasteiger charge is 2.42. The third-order valence-corrected chi connectivity index (χ3v) is 4.15. The number of aromatic nitrogens is 2. The van der Waals surface area contributed by atoms with Crippen molar-refractivity contribution in [3.05, 3.63) is 46.0 Å². The number of rotatable bonds is 4. The van der Waals surface area contributed by atoms with Crippen molar-refractivity contribution in [2.45, 2.75) is 46.0 Å². The Kier molecular flexibility index (Phi) is 5.92. The number of amides is 1. The average Bonchev–Trinajstić information content (AvgIpc) is 2.90. The Hall–Kier alpha value is -1.73. The minimum atomic E-state index is -4.80. The SMILES string of the molecule is CC(C)N(C(=O)c1ncn(-c2cc(Cl)cc(Cl)c2)c1C(F)(F)F)C(C)C. The molecule has 0 aliphatic heterocycles. The van der Waals surface area contributed by atoms with Gasteiger partial charge < -0.3 is 4.90 Å². The highest BCUT2D eigenvalue weighted by molar-refractivity contribution is 6.34. The van der Waals surface area contributed by atoms with Crippen molar-refractivity contribution in [2.24, 2.45) is 0 Å². The summed E-state index contributed by atoms with van der Waals surface area (Å²) in [4.78, 5) is 17.9. The fraction of sp³-hybridized carbons (Fsp3) is 0.412. The van der Waals surface area contributed by atoms with Crippen LogP contribution in [0.5, 0.6) is 0 Å². The van der Waals surface area contributed by atoms with Gasteiger partial charge in [0.15, 0.2) is 11.4 Å². The number of halogens is 5. The third kappa shape index (κ3) is 4.15. The number of carbonyl (C=O) groups excluding carboxylic acids is 1. The Morgan fingerprint density at radius 1 is 1.08 bits per heavy atom. The molecular weight excluding hydrogens is 390 g/mol. The summed E-state index contributed by atoms with van der Waals surface area (Å²) in [5.74, 6) is -0.783. The van der Waals surface area contributed by atoms with Crippen LogP contribution in [0.1, 0.15) is 43.9 Å². The maximum atomic E-state index is 13.8. The summed E-state index contributed by atoms with van der Waals surface area (Å²) >= 11 is 11.8. The van der Waals surface area contributed by atoms with Crippen molar-refractivity contribution in [3.63, 3.8) is 0 Å². The van der Waals surface area contributed by atoms with E-state index in [0.717, 1.165) is 10.9 Å². The molecule has 0 unspecified atom stereocenters. The van der Waals surface area contributed by atoms with Crippen LogP contribution in [0.4, 0.5) is 13.2 Å². The molecule has 0 radical (unpaired) electrons. The molecule has 0 saturated carbocycles. The molecule has 1 aromatic carbocycles. The van der Waals surface area contributed by atoms with Crippen molar-refractivity contribution >= 4 is 29.1 Å². The van der Waals surface area contributed by atoms with E-state index in [4.69, 9.17) is 23.2 Å². The Morgan fingerprint density at radius 2 is 1.58 bits per heavy atom. The summed E-state index contributed by atoms with van der Waals surface area (Å²) in [6, 6.07) is 3.48. The molecule has 142 valence electrons. The average molecular weight is 408 g/mol. The summed E-state index contributed by atoms with van der Waals surface area (Å²) in [5, 5.41) is 0.348. The molecule has 1 aromatic heterocycles. The molecule has 1 heterocycles. The van der Waals surface area contributed by atoms with Gasteiger partial charge in [-0.15, -0.1) is 0 Å². The van der Waals surface area contributed by atoms with Gasteiger partial charge in [-0.2, -0.15) is 13.2 Å². The van der Waals surface area contributed by atoms with Crippen molar-refractivity contribution in [2.75, 3.05) is 0 Å². The number of hydrogen-bond acceptors (Lipinski definition) is 2. The van der Waals surface area contributed by atoms with E-state index in [1.807, 2.05) is 0 Å². The lowest BCUT2D eigenvalue weighted by atomic mass is 10.2. The van der Waals surface area contributed by atoms with Gasteiger partial charge in [0.25, 0.3) is 5.91 Å². The number of imidazole rings is 1. The van der Waals surface area contributed by atoms with Crippen LogP contribution in [0.2, 0.25) is 10.0 Å². The Morgan fingerprint density at radius 3 is 2.00 bits per heavy atom. The molecule has 26 heavy (non-hydrogen) atoms. The second kappa shape index (κ2) is 7.48. The highest BCUT2D eigenvalue weighted by atomic mass is 35.5. The molecule has 2 aromatic rings. The number of alkyl halides is 3. The number of carbonyl (C=O) groups is 1. The summed E-state index contributed by atoms with van der Waals surface area (Å²) in [6.07, 6.45) is -3.84. The standard InChI is InChI=1S/C17H18Cl2F3N3O/c1-9(2)25(10(3)4)16(26)14-15(17(20,21)22)24(8-23-14)13-6-11(18)5-12(19)7-13/h5-10H,1-4H3. The zero-order valence-corrected chi connectivity index (χ0v) is 16.1. The minimum Gasteiger partial charge on any atom is -0.332 e. The van der Waals surface area contributed by atoms with Crippen LogP contribution in [0.25, 0.3) is 5.69 Å². The van der Waals surface area contributed by atoms with E-state index in [1.165, 1.54) is 23.1 Å². The van der Waals surface area contributed by atoms with Gasteiger partial charge in [-0.05, 0) is 45.9 Å². The van der Waals surface area contributed by atoms with Crippen LogP contribution in [0, 0.1) is 0 Å². The van der Waals surface area contributed by atoms with Crippen LogP contribution >= 0.6 is 23.2 Å². The Bertz CT molecular complexity index is 788. The molecule has 0 aliphatic rings. The van der Waals surface area contributed by atoms with Crippen LogP contribution in [0.3, 0.4) is 0 Å². The quantitative estimate of drug-likeness (QED) is 0.674. The first-order chi connectivity index (χ1) is 11.9. The van der Waals surface area contributed by atoms with Crippen LogP contribution in [-0.4, -0.2) is 32.4 Å². The molecule has 1 amide bonds. The molecule has 2 rings (SSSR count). The van der Waals surface area contributed by atoms with Crippen LogP contribution in [-0.2, 0) is 6.18 Å². The first-order valence-corrected chi connectivity index (χ1v) is 8.62. The van der Waals surface area contributed by atoms with Gasteiger partial charge in [0, 0.05) is 22.1 Å². The predicted molar refractivity (Wildman–Crippen MR) is 95.0 cm³/mol. The molecule has 0 fully saturated rings. The van der Waals surface area contributed by atoms with Gasteiger partial charge in [-0.1, -0.05) is 23.2 Å². The first kappa shape index (κ1) is 20.6. The summed E-state index contributed by atoms with van der Waals surface area (Å²) in [5.41, 5.74) is -1.75. The molecule has 0 spiro atoms. The summed E-state index contributed by atoms with van der Waals surface area (Å²) in [6.45, 7) is 6.94. The van der Waals surface area contributed by atoms with Gasteiger partial charge in [-0.3, -0.25) is 9.36 Å². The van der Waals surface area contributed by atoms with Crippen molar-refractivity contribution < 1.29 is 18.0 Å². The molecule has 0 bridgehead atoms. The van der Waals surface area contributed by atoms with Gasteiger partial charge in [-0.25, -0.2) is 4.98 Å². The normalized spacial score (nSPS) is 12.1. The number of hydrogen-bond donors (Lipinski definition) is 0. The van der Waals surface area contributed by atoms with E-state index in [1.54, 1.807) is 27.7 Å². The Balaban J connectivity index is 2.67. The van der Waals surface area contributed by atoms with Crippen molar-refractivity contribution in [1.29, 1.82) is 0 Å². The second-order valence-corrected chi connectivity index (χ2v) is 7.21. The van der Waals surface area contributed by atoms with Gasteiger partial charge in [0.1, 0.15) is 6.33 Å². The highest BCUT2D eigenvalue weighted by Crippen LogP contribution is 2.35. The number of benzene rings is 1. The lowest BCUT2D eigenvalue weighted by Crippen LogP contribution is -2.43. The van der Waals surface area contributed by atoms with Gasteiger partial charge in [0.05, 0.1) is 5.69 Å². The van der Waals surface area contributed by atoms with E-state index >= 15 is 0 Å². The zero-order chi connectivity index (χ0) is 19.8. The van der Waals surface area contributed by atoms with Gasteiger partial charge in [0.2, 0.25) is 0 Å². The molecular formula is C17H18Cl2F3N3O. The predicted octanol–water partition coefficient (Wildman–Crippen LogP) is 5.46. The maximum Gasteiger partial charge on any atom is 0.434 e. The number of nitrogens with zero attached hydrogens (tertiary/aromatic N) is 3. The molecule has 0 aliphatic carbocycles.